The van der Waals surface area contributed by atoms with E-state index in [4.69, 9.17) is 5.73 Å². The van der Waals surface area contributed by atoms with Gasteiger partial charge in [-0.1, -0.05) is 0 Å². The van der Waals surface area contributed by atoms with E-state index in [1.54, 1.807) is 11.8 Å². The summed E-state index contributed by atoms with van der Waals surface area (Å²) in [6.45, 7) is 2.58. The molecule has 0 aliphatic heterocycles. The molecule has 5 heteroatoms. The van der Waals surface area contributed by atoms with Crippen molar-refractivity contribution >= 4 is 17.7 Å². The molecule has 0 saturated carbocycles. The van der Waals surface area contributed by atoms with Gasteiger partial charge in [0.25, 0.3) is 0 Å². The molecule has 1 atom stereocenters. The third-order valence-corrected chi connectivity index (χ3v) is 3.53. The van der Waals surface area contributed by atoms with Crippen LogP contribution in [0.3, 0.4) is 0 Å². The lowest BCUT2D eigenvalue weighted by Crippen LogP contribution is -2.40. The number of hydrogen-bond donors (Lipinski definition) is 2. The molecular weight excluding hydrogens is 234 g/mol. The molecule has 1 amide bonds. The number of nitrogens with two attached hydrogens (primary N) is 1. The number of carbonyl (C=O) groups is 1. The molecule has 0 fully saturated rings. The fraction of sp³-hybridized carbons (Fsp3) is 0.583. The van der Waals surface area contributed by atoms with Crippen molar-refractivity contribution in [3.63, 3.8) is 0 Å². The van der Waals surface area contributed by atoms with Crippen LogP contribution in [-0.4, -0.2) is 28.5 Å². The highest BCUT2D eigenvalue weighted by Crippen LogP contribution is 2.05. The van der Waals surface area contributed by atoms with Gasteiger partial charge in [0.15, 0.2) is 0 Å². The number of aromatic nitrogens is 1. The van der Waals surface area contributed by atoms with Gasteiger partial charge in [0.1, 0.15) is 0 Å². The largest absolute Gasteiger partial charge is 0.350 e. The van der Waals surface area contributed by atoms with Crippen LogP contribution in [0.1, 0.15) is 17.8 Å². The van der Waals surface area contributed by atoms with Crippen LogP contribution < -0.4 is 11.1 Å². The smallest absolute Gasteiger partial charge is 0.237 e. The van der Waals surface area contributed by atoms with Crippen molar-refractivity contribution in [2.24, 2.45) is 12.8 Å². The second-order valence-electron chi connectivity index (χ2n) is 4.13. The van der Waals surface area contributed by atoms with E-state index < -0.39 is 6.04 Å². The summed E-state index contributed by atoms with van der Waals surface area (Å²) in [5, 5.41) is 2.87. The van der Waals surface area contributed by atoms with Crippen molar-refractivity contribution in [1.82, 2.24) is 9.88 Å². The molecule has 0 spiro atoms. The van der Waals surface area contributed by atoms with Gasteiger partial charge in [0, 0.05) is 18.4 Å². The number of carbonyl (C=O) groups excluding carboxylic acids is 1. The molecule has 1 heterocycles. The van der Waals surface area contributed by atoms with E-state index in [1.165, 1.54) is 5.69 Å². The van der Waals surface area contributed by atoms with Gasteiger partial charge in [0.2, 0.25) is 5.91 Å². The van der Waals surface area contributed by atoms with Crippen molar-refractivity contribution in [3.8, 4) is 0 Å². The van der Waals surface area contributed by atoms with Gasteiger partial charge >= 0.3 is 0 Å². The maximum Gasteiger partial charge on any atom is 0.237 e. The number of nitrogens with one attached hydrogen (secondary N) is 1. The molecule has 0 aliphatic carbocycles. The molecule has 1 aromatic rings. The Balaban J connectivity index is 2.40. The Bertz CT molecular complexity index is 376. The lowest BCUT2D eigenvalue weighted by molar-refractivity contribution is -0.122. The zero-order chi connectivity index (χ0) is 12.8. The second kappa shape index (κ2) is 6.71. The highest BCUT2D eigenvalue weighted by Gasteiger charge is 2.12. The standard InChI is InChI=1S/C12H21N3OS/c1-9-4-5-10(15(9)2)8-14-12(16)11(13)6-7-17-3/h4-5,11H,6-8,13H2,1-3H3,(H,14,16)/t11-/m1/s1. The predicted octanol–water partition coefficient (Wildman–Crippen LogP) is 1.03. The Labute approximate surface area is 107 Å². The van der Waals surface area contributed by atoms with E-state index >= 15 is 0 Å². The molecule has 0 unspecified atom stereocenters. The number of amides is 1. The Hall–Kier alpha value is -0.940. The van der Waals surface area contributed by atoms with E-state index in [-0.39, 0.29) is 5.91 Å². The van der Waals surface area contributed by atoms with Gasteiger partial charge < -0.3 is 15.6 Å². The van der Waals surface area contributed by atoms with Gasteiger partial charge in [-0.3, -0.25) is 4.79 Å². The second-order valence-corrected chi connectivity index (χ2v) is 5.12. The van der Waals surface area contributed by atoms with Crippen LogP contribution in [0.5, 0.6) is 0 Å². The summed E-state index contributed by atoms with van der Waals surface area (Å²) in [6, 6.07) is 3.65. The van der Waals surface area contributed by atoms with E-state index in [0.29, 0.717) is 6.54 Å². The normalized spacial score (nSPS) is 12.5. The maximum atomic E-state index is 11.7. The van der Waals surface area contributed by atoms with Gasteiger partial charge in [-0.05, 0) is 37.5 Å². The van der Waals surface area contributed by atoms with Gasteiger partial charge in [-0.15, -0.1) is 0 Å². The molecular formula is C12H21N3OS. The number of rotatable bonds is 6. The first kappa shape index (κ1) is 14.1. The van der Waals surface area contributed by atoms with Crippen LogP contribution in [0.15, 0.2) is 12.1 Å². The van der Waals surface area contributed by atoms with Crippen molar-refractivity contribution in [2.75, 3.05) is 12.0 Å². The molecule has 17 heavy (non-hydrogen) atoms. The summed E-state index contributed by atoms with van der Waals surface area (Å²) < 4.78 is 2.06. The van der Waals surface area contributed by atoms with Crippen LogP contribution in [0, 0.1) is 6.92 Å². The van der Waals surface area contributed by atoms with E-state index in [9.17, 15) is 4.79 Å². The summed E-state index contributed by atoms with van der Waals surface area (Å²) in [4.78, 5) is 11.7. The number of thioether (sulfide) groups is 1. The molecule has 4 nitrogen and oxygen atoms in total. The SMILES string of the molecule is CSCC[C@@H](N)C(=O)NCc1ccc(C)n1C. The molecule has 1 rings (SSSR count). The van der Waals surface area contributed by atoms with Crippen LogP contribution >= 0.6 is 11.8 Å². The first-order valence-electron chi connectivity index (χ1n) is 5.69. The molecule has 0 aliphatic rings. The van der Waals surface area contributed by atoms with Crippen LogP contribution in [0.25, 0.3) is 0 Å². The van der Waals surface area contributed by atoms with Crippen molar-refractivity contribution in [3.05, 3.63) is 23.5 Å². The number of aryl methyl sites for hydroxylation is 1. The minimum Gasteiger partial charge on any atom is -0.350 e. The molecule has 0 saturated heterocycles. The fourth-order valence-corrected chi connectivity index (χ4v) is 2.02. The summed E-state index contributed by atoms with van der Waals surface area (Å²) in [5.41, 5.74) is 8.05. The predicted molar refractivity (Wildman–Crippen MR) is 73.0 cm³/mol. The van der Waals surface area contributed by atoms with Gasteiger partial charge in [0.05, 0.1) is 12.6 Å². The van der Waals surface area contributed by atoms with Crippen molar-refractivity contribution in [1.29, 1.82) is 0 Å². The molecule has 0 bridgehead atoms. The van der Waals surface area contributed by atoms with Crippen LogP contribution in [-0.2, 0) is 18.4 Å². The topological polar surface area (TPSA) is 60.1 Å². The summed E-state index contributed by atoms with van der Waals surface area (Å²) >= 11 is 1.70. The monoisotopic (exact) mass is 255 g/mol. The zero-order valence-corrected chi connectivity index (χ0v) is 11.5. The van der Waals surface area contributed by atoms with Crippen LogP contribution in [0.2, 0.25) is 0 Å². The minimum absolute atomic E-state index is 0.0714. The lowest BCUT2D eigenvalue weighted by Gasteiger charge is -2.12. The van der Waals surface area contributed by atoms with Crippen molar-refractivity contribution in [2.45, 2.75) is 25.9 Å². The molecule has 96 valence electrons. The molecule has 0 radical (unpaired) electrons. The van der Waals surface area contributed by atoms with Crippen LogP contribution in [0.4, 0.5) is 0 Å². The van der Waals surface area contributed by atoms with E-state index in [2.05, 4.69) is 9.88 Å². The summed E-state index contributed by atoms with van der Waals surface area (Å²) in [6.07, 6.45) is 2.73. The van der Waals surface area contributed by atoms with E-state index in [1.807, 2.05) is 32.4 Å². The Morgan fingerprint density at radius 3 is 2.82 bits per heavy atom. The fourth-order valence-electron chi connectivity index (χ4n) is 1.53. The van der Waals surface area contributed by atoms with E-state index in [0.717, 1.165) is 17.9 Å². The average Bonchev–Trinajstić information content (AvgIpc) is 2.64. The molecule has 0 aromatic carbocycles. The summed E-state index contributed by atoms with van der Waals surface area (Å²) in [5.74, 6) is 0.843. The quantitative estimate of drug-likeness (QED) is 0.798. The number of hydrogen-bond acceptors (Lipinski definition) is 3. The summed E-state index contributed by atoms with van der Waals surface area (Å²) in [7, 11) is 1.99. The first-order valence-corrected chi connectivity index (χ1v) is 7.09. The lowest BCUT2D eigenvalue weighted by atomic mass is 10.2. The third-order valence-electron chi connectivity index (χ3n) is 2.89. The Kier molecular flexibility index (Phi) is 5.58. The first-order chi connectivity index (χ1) is 8.06. The van der Waals surface area contributed by atoms with Gasteiger partial charge in [-0.25, -0.2) is 0 Å². The molecule has 3 N–H and O–H groups in total. The average molecular weight is 255 g/mol. The van der Waals surface area contributed by atoms with Gasteiger partial charge in [-0.2, -0.15) is 11.8 Å². The maximum absolute atomic E-state index is 11.7. The number of nitrogens with zero attached hydrogens (tertiary/aromatic N) is 1. The highest BCUT2D eigenvalue weighted by atomic mass is 32.2. The molecule has 1 aromatic heterocycles. The Morgan fingerprint density at radius 2 is 2.29 bits per heavy atom. The highest BCUT2D eigenvalue weighted by molar-refractivity contribution is 7.98. The van der Waals surface area contributed by atoms with Crippen molar-refractivity contribution < 1.29 is 4.79 Å². The zero-order valence-electron chi connectivity index (χ0n) is 10.7. The third kappa shape index (κ3) is 4.09. The Morgan fingerprint density at radius 1 is 1.59 bits per heavy atom. The minimum atomic E-state index is -0.399.